The first-order valence-corrected chi connectivity index (χ1v) is 10.7. The van der Waals surface area contributed by atoms with Gasteiger partial charge in [0.05, 0.1) is 11.1 Å². The zero-order valence-corrected chi connectivity index (χ0v) is 15.5. The van der Waals surface area contributed by atoms with E-state index < -0.39 is 26.1 Å². The first-order valence-electron chi connectivity index (χ1n) is 7.79. The number of aromatic hydroxyl groups is 1. The second-order valence-electron chi connectivity index (χ2n) is 5.70. The highest BCUT2D eigenvalue weighted by molar-refractivity contribution is 7.91. The maximum atomic E-state index is 12.1. The van der Waals surface area contributed by atoms with Crippen LogP contribution in [0, 0.1) is 0 Å². The van der Waals surface area contributed by atoms with E-state index in [4.69, 9.17) is 0 Å². The van der Waals surface area contributed by atoms with Crippen molar-refractivity contribution < 1.29 is 27.0 Å². The highest BCUT2D eigenvalue weighted by atomic mass is 32.2. The average molecular weight is 411 g/mol. The number of sulfonamides is 1. The van der Waals surface area contributed by atoms with Gasteiger partial charge in [0.1, 0.15) is 11.4 Å². The second-order valence-corrected chi connectivity index (χ2v) is 9.02. The topological polar surface area (TPSA) is 136 Å². The molecular weight excluding hydrogens is 394 g/mol. The first kappa shape index (κ1) is 19.0. The summed E-state index contributed by atoms with van der Waals surface area (Å²) in [6, 6.07) is 12.2. The molecule has 0 fully saturated rings. The fourth-order valence-electron chi connectivity index (χ4n) is 2.51. The molecule has 0 saturated carbocycles. The third kappa shape index (κ3) is 4.15. The average Bonchev–Trinajstić information content (AvgIpc) is 2.88. The number of nitrogens with one attached hydrogen (secondary N) is 2. The fraction of sp³-hybridized carbons (Fsp3) is 0.125. The molecule has 27 heavy (non-hydrogen) atoms. The molecule has 1 aliphatic rings. The minimum atomic E-state index is -4.00. The highest BCUT2D eigenvalue weighted by Gasteiger charge is 2.30. The van der Waals surface area contributed by atoms with Crippen LogP contribution >= 0.6 is 0 Å². The van der Waals surface area contributed by atoms with Crippen molar-refractivity contribution in [3.63, 3.8) is 0 Å². The SMILES string of the molecule is O=S(=O)(NCCc1ccc(N2C=C(O)NS2(=O)=O)c(O)c1)c1ccccc1. The van der Waals surface area contributed by atoms with Crippen LogP contribution in [0.25, 0.3) is 0 Å². The van der Waals surface area contributed by atoms with Crippen LogP contribution < -0.4 is 13.7 Å². The van der Waals surface area contributed by atoms with Gasteiger partial charge in [-0.1, -0.05) is 24.3 Å². The molecule has 1 heterocycles. The molecule has 0 amide bonds. The Labute approximate surface area is 156 Å². The lowest BCUT2D eigenvalue weighted by atomic mass is 10.1. The van der Waals surface area contributed by atoms with E-state index in [-0.39, 0.29) is 29.3 Å². The molecule has 0 aliphatic carbocycles. The molecule has 144 valence electrons. The number of nitrogens with zero attached hydrogens (tertiary/aromatic N) is 1. The van der Waals surface area contributed by atoms with Crippen LogP contribution in [0.1, 0.15) is 5.56 Å². The lowest BCUT2D eigenvalue weighted by molar-refractivity contribution is 0.392. The van der Waals surface area contributed by atoms with Gasteiger partial charge < -0.3 is 10.2 Å². The minimum Gasteiger partial charge on any atom is -0.506 e. The van der Waals surface area contributed by atoms with Crippen LogP contribution in [-0.4, -0.2) is 33.6 Å². The number of aliphatic hydroxyl groups is 1. The predicted octanol–water partition coefficient (Wildman–Crippen LogP) is 0.924. The van der Waals surface area contributed by atoms with E-state index in [1.165, 1.54) is 24.3 Å². The monoisotopic (exact) mass is 411 g/mol. The van der Waals surface area contributed by atoms with Gasteiger partial charge in [-0.15, -0.1) is 0 Å². The predicted molar refractivity (Wildman–Crippen MR) is 98.7 cm³/mol. The summed E-state index contributed by atoms with van der Waals surface area (Å²) in [5, 5.41) is 19.4. The number of rotatable bonds is 6. The Kier molecular flexibility index (Phi) is 5.00. The van der Waals surface area contributed by atoms with Crippen molar-refractivity contribution in [3.05, 3.63) is 66.2 Å². The van der Waals surface area contributed by atoms with Gasteiger partial charge in [-0.2, -0.15) is 8.42 Å². The van der Waals surface area contributed by atoms with Crippen molar-refractivity contribution in [3.8, 4) is 5.75 Å². The molecule has 0 atom stereocenters. The largest absolute Gasteiger partial charge is 0.506 e. The molecule has 0 saturated heterocycles. The molecule has 9 nitrogen and oxygen atoms in total. The lowest BCUT2D eigenvalue weighted by Gasteiger charge is -2.16. The van der Waals surface area contributed by atoms with Gasteiger partial charge in [0, 0.05) is 6.54 Å². The quantitative estimate of drug-likeness (QED) is 0.558. The third-order valence-corrected chi connectivity index (χ3v) is 6.53. The van der Waals surface area contributed by atoms with Gasteiger partial charge in [-0.25, -0.2) is 22.2 Å². The molecule has 3 rings (SSSR count). The van der Waals surface area contributed by atoms with E-state index in [9.17, 15) is 27.0 Å². The molecule has 0 bridgehead atoms. The summed E-state index contributed by atoms with van der Waals surface area (Å²) in [4.78, 5) is 0.154. The number of phenolic OH excluding ortho intramolecular Hbond substituents is 1. The van der Waals surface area contributed by atoms with Gasteiger partial charge in [0.25, 0.3) is 0 Å². The fourth-order valence-corrected chi connectivity index (χ4v) is 4.63. The van der Waals surface area contributed by atoms with Crippen molar-refractivity contribution in [2.45, 2.75) is 11.3 Å². The normalized spacial score (nSPS) is 16.0. The van der Waals surface area contributed by atoms with Crippen LogP contribution in [0.3, 0.4) is 0 Å². The standard InChI is InChI=1S/C16H17N3O6S2/c20-15-10-12(6-7-14(15)19-11-16(21)18-27(19,24)25)8-9-17-26(22,23)13-4-2-1-3-5-13/h1-7,10-11,17-18,20-21H,8-9H2. The number of phenols is 1. The molecular formula is C16H17N3O6S2. The van der Waals surface area contributed by atoms with Gasteiger partial charge in [-0.3, -0.25) is 0 Å². The number of hydrogen-bond donors (Lipinski definition) is 4. The second kappa shape index (κ2) is 7.10. The van der Waals surface area contributed by atoms with Crippen LogP contribution in [0.15, 0.2) is 65.5 Å². The first-order chi connectivity index (χ1) is 12.7. The van der Waals surface area contributed by atoms with Crippen molar-refractivity contribution >= 4 is 25.9 Å². The highest BCUT2D eigenvalue weighted by Crippen LogP contribution is 2.32. The van der Waals surface area contributed by atoms with Gasteiger partial charge >= 0.3 is 10.2 Å². The zero-order valence-electron chi connectivity index (χ0n) is 13.9. The number of benzene rings is 2. The molecule has 0 spiro atoms. The molecule has 0 unspecified atom stereocenters. The van der Waals surface area contributed by atoms with Gasteiger partial charge in [0.2, 0.25) is 15.9 Å². The van der Waals surface area contributed by atoms with Crippen LogP contribution in [-0.2, 0) is 26.7 Å². The molecule has 4 N–H and O–H groups in total. The molecule has 0 aromatic heterocycles. The Bertz CT molecular complexity index is 1080. The number of hydrogen-bond acceptors (Lipinski definition) is 6. The Hall–Kier alpha value is -2.76. The van der Waals surface area contributed by atoms with Crippen molar-refractivity contribution in [1.82, 2.24) is 9.44 Å². The Balaban J connectivity index is 1.69. The van der Waals surface area contributed by atoms with Gasteiger partial charge in [-0.05, 0) is 36.2 Å². The van der Waals surface area contributed by atoms with E-state index in [0.717, 1.165) is 6.20 Å². The molecule has 11 heteroatoms. The molecule has 2 aromatic carbocycles. The molecule has 2 aromatic rings. The summed E-state index contributed by atoms with van der Waals surface area (Å²) >= 11 is 0. The third-order valence-electron chi connectivity index (χ3n) is 3.77. The summed E-state index contributed by atoms with van der Waals surface area (Å²) in [6.07, 6.45) is 1.21. The maximum Gasteiger partial charge on any atom is 0.330 e. The number of aliphatic hydroxyl groups excluding tert-OH is 1. The minimum absolute atomic E-state index is 0.0415. The maximum absolute atomic E-state index is 12.1. The Morgan fingerprint density at radius 2 is 1.78 bits per heavy atom. The van der Waals surface area contributed by atoms with Crippen LogP contribution in [0.2, 0.25) is 0 Å². The Morgan fingerprint density at radius 1 is 1.07 bits per heavy atom. The molecule has 0 radical (unpaired) electrons. The summed E-state index contributed by atoms with van der Waals surface area (Å²) in [5.74, 6) is -0.886. The van der Waals surface area contributed by atoms with E-state index in [2.05, 4.69) is 4.72 Å². The summed E-state index contributed by atoms with van der Waals surface area (Å²) < 4.78 is 53.0. The van der Waals surface area contributed by atoms with Crippen LogP contribution in [0.4, 0.5) is 5.69 Å². The van der Waals surface area contributed by atoms with E-state index in [1.807, 2.05) is 4.72 Å². The molecule has 1 aliphatic heterocycles. The lowest BCUT2D eigenvalue weighted by Crippen LogP contribution is -2.29. The van der Waals surface area contributed by atoms with Crippen LogP contribution in [0.5, 0.6) is 5.75 Å². The Morgan fingerprint density at radius 3 is 2.37 bits per heavy atom. The summed E-state index contributed by atoms with van der Waals surface area (Å²) in [5.41, 5.74) is 0.560. The van der Waals surface area contributed by atoms with Crippen molar-refractivity contribution in [2.75, 3.05) is 10.8 Å². The van der Waals surface area contributed by atoms with E-state index >= 15 is 0 Å². The zero-order chi connectivity index (χ0) is 19.7. The van der Waals surface area contributed by atoms with Crippen molar-refractivity contribution in [1.29, 1.82) is 0 Å². The van der Waals surface area contributed by atoms with Crippen molar-refractivity contribution in [2.24, 2.45) is 0 Å². The smallest absolute Gasteiger partial charge is 0.330 e. The number of anilines is 1. The summed E-state index contributed by atoms with van der Waals surface area (Å²) in [7, 11) is -7.63. The van der Waals surface area contributed by atoms with E-state index in [1.54, 1.807) is 24.3 Å². The summed E-state index contributed by atoms with van der Waals surface area (Å²) in [6.45, 7) is 0.0975. The van der Waals surface area contributed by atoms with Gasteiger partial charge in [0.15, 0.2) is 0 Å². The van der Waals surface area contributed by atoms with E-state index in [0.29, 0.717) is 9.87 Å².